The van der Waals surface area contributed by atoms with Crippen LogP contribution in [-0.4, -0.2) is 47.9 Å². The van der Waals surface area contributed by atoms with E-state index < -0.39 is 6.04 Å². The fourth-order valence-corrected chi connectivity index (χ4v) is 3.67. The van der Waals surface area contributed by atoms with Crippen LogP contribution in [0.15, 0.2) is 54.6 Å². The van der Waals surface area contributed by atoms with Crippen molar-refractivity contribution in [1.29, 1.82) is 0 Å². The lowest BCUT2D eigenvalue weighted by atomic mass is 10.0. The van der Waals surface area contributed by atoms with Crippen LogP contribution >= 0.6 is 0 Å². The molecule has 0 radical (unpaired) electrons. The Morgan fingerprint density at radius 2 is 1.65 bits per heavy atom. The van der Waals surface area contributed by atoms with Crippen LogP contribution < -0.4 is 16.0 Å². The van der Waals surface area contributed by atoms with Crippen LogP contribution in [0.25, 0.3) is 0 Å². The quantitative estimate of drug-likeness (QED) is 0.669. The predicted octanol–water partition coefficient (Wildman–Crippen LogP) is 2.85. The molecule has 1 aliphatic rings. The van der Waals surface area contributed by atoms with Crippen molar-refractivity contribution in [3.05, 3.63) is 65.7 Å². The third-order valence-electron chi connectivity index (χ3n) is 5.41. The maximum atomic E-state index is 12.9. The van der Waals surface area contributed by atoms with Gasteiger partial charge in [-0.1, -0.05) is 48.0 Å². The van der Waals surface area contributed by atoms with Crippen molar-refractivity contribution >= 4 is 23.5 Å². The molecule has 31 heavy (non-hydrogen) atoms. The Morgan fingerprint density at radius 3 is 2.26 bits per heavy atom. The second-order valence-corrected chi connectivity index (χ2v) is 8.01. The van der Waals surface area contributed by atoms with Gasteiger partial charge in [-0.25, -0.2) is 4.79 Å². The molecule has 1 aliphatic heterocycles. The zero-order valence-electron chi connectivity index (χ0n) is 18.1. The molecule has 4 amide bonds. The van der Waals surface area contributed by atoms with E-state index in [9.17, 15) is 14.4 Å². The molecule has 0 aromatic heterocycles. The maximum absolute atomic E-state index is 12.9. The number of hydrogen-bond acceptors (Lipinski definition) is 3. The van der Waals surface area contributed by atoms with Crippen molar-refractivity contribution in [1.82, 2.24) is 15.5 Å². The van der Waals surface area contributed by atoms with Gasteiger partial charge >= 0.3 is 6.03 Å². The average molecular weight is 423 g/mol. The van der Waals surface area contributed by atoms with Gasteiger partial charge in [0.15, 0.2) is 0 Å². The Kier molecular flexibility index (Phi) is 7.65. The molecule has 2 aromatic rings. The van der Waals surface area contributed by atoms with E-state index in [0.717, 1.165) is 16.8 Å². The molecular weight excluding hydrogens is 392 g/mol. The summed E-state index contributed by atoms with van der Waals surface area (Å²) in [7, 11) is 0. The molecule has 2 aromatic carbocycles. The Morgan fingerprint density at radius 1 is 1.00 bits per heavy atom. The molecular formula is C24H30N4O3. The third-order valence-corrected chi connectivity index (χ3v) is 5.41. The average Bonchev–Trinajstić information content (AvgIpc) is 2.75. The van der Waals surface area contributed by atoms with Crippen molar-refractivity contribution in [2.24, 2.45) is 0 Å². The second kappa shape index (κ2) is 10.6. The van der Waals surface area contributed by atoms with Gasteiger partial charge < -0.3 is 20.9 Å². The van der Waals surface area contributed by atoms with Crippen molar-refractivity contribution < 1.29 is 14.4 Å². The number of benzene rings is 2. The van der Waals surface area contributed by atoms with Crippen LogP contribution in [0.4, 0.5) is 10.5 Å². The summed E-state index contributed by atoms with van der Waals surface area (Å²) in [6.07, 6.45) is 1.78. The highest BCUT2D eigenvalue weighted by Crippen LogP contribution is 2.14. The number of rotatable bonds is 6. The van der Waals surface area contributed by atoms with Gasteiger partial charge in [-0.2, -0.15) is 0 Å². The predicted molar refractivity (Wildman–Crippen MR) is 121 cm³/mol. The summed E-state index contributed by atoms with van der Waals surface area (Å²) in [4.78, 5) is 38.7. The van der Waals surface area contributed by atoms with E-state index >= 15 is 0 Å². The van der Waals surface area contributed by atoms with Gasteiger partial charge in [0.25, 0.3) is 0 Å². The lowest BCUT2D eigenvalue weighted by molar-refractivity contribution is -0.128. The van der Waals surface area contributed by atoms with Crippen LogP contribution in [0.5, 0.6) is 0 Å². The number of amides is 4. The number of urea groups is 1. The number of piperidine rings is 1. The summed E-state index contributed by atoms with van der Waals surface area (Å²) in [6, 6.07) is 16.5. The summed E-state index contributed by atoms with van der Waals surface area (Å²) in [6.45, 7) is 4.55. The number of nitrogens with one attached hydrogen (secondary N) is 3. The van der Waals surface area contributed by atoms with E-state index in [-0.39, 0.29) is 23.9 Å². The highest BCUT2D eigenvalue weighted by atomic mass is 16.2. The minimum absolute atomic E-state index is 0.0254. The Balaban J connectivity index is 1.51. The van der Waals surface area contributed by atoms with Gasteiger partial charge in [-0.3, -0.25) is 9.59 Å². The molecule has 3 N–H and O–H groups in total. The number of hydrogen-bond donors (Lipinski definition) is 3. The second-order valence-electron chi connectivity index (χ2n) is 8.01. The first-order chi connectivity index (χ1) is 14.9. The number of aryl methyl sites for hydroxylation is 1. The molecule has 1 fully saturated rings. The van der Waals surface area contributed by atoms with E-state index in [0.29, 0.717) is 32.4 Å². The number of carbonyl (C=O) groups is 3. The zero-order valence-corrected chi connectivity index (χ0v) is 18.1. The van der Waals surface area contributed by atoms with Gasteiger partial charge in [-0.05, 0) is 37.5 Å². The standard InChI is InChI=1S/C24H30N4O3/c1-17-8-10-19(11-9-17)16-22(25-18(2)29)23(30)26-21-12-14-28(15-13-21)24(31)27-20-6-4-3-5-7-20/h3-11,21-22H,12-16H2,1-2H3,(H,25,29)(H,26,30)(H,27,31)/t22-/m0/s1. The topological polar surface area (TPSA) is 90.5 Å². The monoisotopic (exact) mass is 422 g/mol. The maximum Gasteiger partial charge on any atom is 0.321 e. The van der Waals surface area contributed by atoms with E-state index in [2.05, 4.69) is 16.0 Å². The van der Waals surface area contributed by atoms with E-state index in [1.54, 1.807) is 4.90 Å². The smallest absolute Gasteiger partial charge is 0.321 e. The van der Waals surface area contributed by atoms with Gasteiger partial charge in [0.1, 0.15) is 6.04 Å². The van der Waals surface area contributed by atoms with E-state index in [4.69, 9.17) is 0 Å². The van der Waals surface area contributed by atoms with Crippen LogP contribution in [0.2, 0.25) is 0 Å². The third kappa shape index (κ3) is 6.84. The van der Waals surface area contributed by atoms with Crippen molar-refractivity contribution in [2.75, 3.05) is 18.4 Å². The van der Waals surface area contributed by atoms with Gasteiger partial charge in [0, 0.05) is 38.2 Å². The molecule has 164 valence electrons. The molecule has 1 saturated heterocycles. The minimum Gasteiger partial charge on any atom is -0.351 e. The molecule has 0 aliphatic carbocycles. The van der Waals surface area contributed by atoms with Crippen LogP contribution in [0.3, 0.4) is 0 Å². The minimum atomic E-state index is -0.625. The Labute approximate surface area is 183 Å². The van der Waals surface area contributed by atoms with E-state index in [1.807, 2.05) is 61.5 Å². The SMILES string of the molecule is CC(=O)N[C@@H](Cc1ccc(C)cc1)C(=O)NC1CCN(C(=O)Nc2ccccc2)CC1. The summed E-state index contributed by atoms with van der Waals surface area (Å²) >= 11 is 0. The van der Waals surface area contributed by atoms with Gasteiger partial charge in [-0.15, -0.1) is 0 Å². The number of nitrogens with zero attached hydrogens (tertiary/aromatic N) is 1. The number of anilines is 1. The number of carbonyl (C=O) groups excluding carboxylic acids is 3. The van der Waals surface area contributed by atoms with E-state index in [1.165, 1.54) is 6.92 Å². The largest absolute Gasteiger partial charge is 0.351 e. The summed E-state index contributed by atoms with van der Waals surface area (Å²) in [5, 5.41) is 8.70. The summed E-state index contributed by atoms with van der Waals surface area (Å²) < 4.78 is 0. The molecule has 0 bridgehead atoms. The lowest BCUT2D eigenvalue weighted by Crippen LogP contribution is -2.53. The van der Waals surface area contributed by atoms with Crippen molar-refractivity contribution in [3.63, 3.8) is 0 Å². The first kappa shape index (κ1) is 22.3. The molecule has 7 nitrogen and oxygen atoms in total. The van der Waals surface area contributed by atoms with Crippen molar-refractivity contribution in [2.45, 2.75) is 45.2 Å². The summed E-state index contributed by atoms with van der Waals surface area (Å²) in [5.74, 6) is -0.428. The Bertz CT molecular complexity index is 891. The molecule has 0 saturated carbocycles. The normalized spacial score (nSPS) is 15.1. The number of likely N-dealkylation sites (tertiary alicyclic amines) is 1. The fourth-order valence-electron chi connectivity index (χ4n) is 3.67. The molecule has 1 atom stereocenters. The molecule has 0 spiro atoms. The van der Waals surface area contributed by atoms with Crippen LogP contribution in [0, 0.1) is 6.92 Å². The highest BCUT2D eigenvalue weighted by molar-refractivity contribution is 5.89. The lowest BCUT2D eigenvalue weighted by Gasteiger charge is -2.33. The van der Waals surface area contributed by atoms with Crippen molar-refractivity contribution in [3.8, 4) is 0 Å². The first-order valence-corrected chi connectivity index (χ1v) is 10.6. The van der Waals surface area contributed by atoms with Crippen LogP contribution in [0.1, 0.15) is 30.9 Å². The zero-order chi connectivity index (χ0) is 22.2. The molecule has 3 rings (SSSR count). The fraction of sp³-hybridized carbons (Fsp3) is 0.375. The summed E-state index contributed by atoms with van der Waals surface area (Å²) in [5.41, 5.74) is 2.90. The molecule has 7 heteroatoms. The molecule has 0 unspecified atom stereocenters. The van der Waals surface area contributed by atoms with Gasteiger partial charge in [0.05, 0.1) is 0 Å². The molecule has 1 heterocycles. The van der Waals surface area contributed by atoms with Crippen LogP contribution in [-0.2, 0) is 16.0 Å². The number of para-hydroxylation sites is 1. The van der Waals surface area contributed by atoms with Gasteiger partial charge in [0.2, 0.25) is 11.8 Å². The first-order valence-electron chi connectivity index (χ1n) is 10.6. The Hall–Kier alpha value is -3.35. The highest BCUT2D eigenvalue weighted by Gasteiger charge is 2.27.